The number of methoxy groups -OCH3 is 2. The fourth-order valence-electron chi connectivity index (χ4n) is 8.79. The van der Waals surface area contributed by atoms with Gasteiger partial charge in [-0.1, -0.05) is 13.8 Å². The van der Waals surface area contributed by atoms with Gasteiger partial charge in [-0.3, -0.25) is 28.7 Å². The molecule has 0 spiro atoms. The molecule has 4 heterocycles. The third-order valence-corrected chi connectivity index (χ3v) is 17.1. The average molecular weight is 1170 g/mol. The Kier molecular flexibility index (Phi) is 30.9. The van der Waals surface area contributed by atoms with Crippen molar-refractivity contribution in [3.8, 4) is 0 Å². The molecule has 29 heteroatoms. The van der Waals surface area contributed by atoms with Gasteiger partial charge in [-0.2, -0.15) is 17.6 Å². The fourth-order valence-corrected chi connectivity index (χ4v) is 12.7. The normalized spacial score (nSPS) is 22.1. The summed E-state index contributed by atoms with van der Waals surface area (Å²) < 4.78 is 114. The summed E-state index contributed by atoms with van der Waals surface area (Å²) >= 11 is 0. The molecular formula is C50H85F4N9O14P2. The number of nitrogens with zero attached hydrogens (tertiary/aromatic N) is 7. The number of nitrogens with one attached hydrogen (secondary N) is 2. The molecule has 2 aliphatic heterocycles. The number of H-pyrrole nitrogens is 2. The van der Waals surface area contributed by atoms with Crippen LogP contribution >= 0.6 is 17.0 Å². The smallest absolute Gasteiger partial charge is 0.379 e. The van der Waals surface area contributed by atoms with Crippen molar-refractivity contribution >= 4 is 17.0 Å². The number of aliphatic hydroxyl groups is 1. The zero-order chi connectivity index (χ0) is 60.1. The average Bonchev–Trinajstić information content (AvgIpc) is 3.80. The predicted octanol–water partition coefficient (Wildman–Crippen LogP) is 7.07. The standard InChI is InChI=1S/C22H35F2N4O7P.C15H32N3OP.C13H18F2N2O6/c1-14(2)28(15(3)4)36(32-11-9-25-6)33-12-17-16(5)19(35-22(23,24)13-31-7)20(34-17)27-10-8-18(29)26-21(27)30;1-12(2)17(13(3)4)20(19-11-10-16-9)18(14(5)6)15(7)8;1-7-8(5-18)22-11(10(7)23-13(14,15)6-21-2)17-4-3-9(19)16-12(17)20/h8,10,14-17,19-20H,9,11-13H2,1-5,7H3,(H,26,29,30);12-15H,10-11H2,1-8H3;3-4,7-8,10-11,18H,5-6H2,1-2H3,(H,16,19,20)/t16-,17-,19-,20-,36?;;7-,8-,10-,11-/m1.1/s1. The maximum atomic E-state index is 14.4. The van der Waals surface area contributed by atoms with Gasteiger partial charge in [-0.15, -0.1) is 0 Å². The van der Waals surface area contributed by atoms with E-state index in [1.807, 2.05) is 37.3 Å². The number of ether oxygens (including phenoxy) is 6. The van der Waals surface area contributed by atoms with Crippen molar-refractivity contribution in [1.29, 1.82) is 0 Å². The van der Waals surface area contributed by atoms with Gasteiger partial charge in [-0.25, -0.2) is 36.7 Å². The molecule has 2 saturated heterocycles. The van der Waals surface area contributed by atoms with E-state index in [0.29, 0.717) is 37.3 Å². The third-order valence-electron chi connectivity index (χ3n) is 12.0. The number of aromatic nitrogens is 4. The van der Waals surface area contributed by atoms with E-state index in [-0.39, 0.29) is 31.8 Å². The molecule has 0 radical (unpaired) electrons. The minimum atomic E-state index is -3.64. The first-order valence-electron chi connectivity index (χ1n) is 26.1. The molecule has 2 aromatic rings. The first-order valence-corrected chi connectivity index (χ1v) is 28.4. The van der Waals surface area contributed by atoms with Crippen LogP contribution < -0.4 is 22.5 Å². The summed E-state index contributed by atoms with van der Waals surface area (Å²) in [7, 11) is -0.198. The summed E-state index contributed by atoms with van der Waals surface area (Å²) in [5.41, 5.74) is -2.90. The van der Waals surface area contributed by atoms with Crippen molar-refractivity contribution in [1.82, 2.24) is 33.1 Å². The maximum absolute atomic E-state index is 14.4. The Balaban J connectivity index is 0.000000430. The second kappa shape index (κ2) is 34.1. The number of aliphatic hydroxyl groups excluding tert-OH is 1. The first-order chi connectivity index (χ1) is 36.9. The van der Waals surface area contributed by atoms with Crippen molar-refractivity contribution in [2.24, 2.45) is 11.8 Å². The zero-order valence-electron chi connectivity index (χ0n) is 48.3. The molecule has 0 saturated carbocycles. The van der Waals surface area contributed by atoms with Crippen LogP contribution in [0.4, 0.5) is 17.6 Å². The molecule has 79 heavy (non-hydrogen) atoms. The Morgan fingerprint density at radius 3 is 1.34 bits per heavy atom. The van der Waals surface area contributed by atoms with Crippen molar-refractivity contribution in [3.05, 3.63) is 89.0 Å². The minimum Gasteiger partial charge on any atom is -0.394 e. The van der Waals surface area contributed by atoms with Crippen molar-refractivity contribution in [3.63, 3.8) is 0 Å². The molecule has 0 aromatic carbocycles. The van der Waals surface area contributed by atoms with Gasteiger partial charge in [0.05, 0.1) is 25.4 Å². The lowest BCUT2D eigenvalue weighted by molar-refractivity contribution is -0.296. The molecule has 2 fully saturated rings. The van der Waals surface area contributed by atoms with E-state index in [0.717, 1.165) is 41.7 Å². The summed E-state index contributed by atoms with van der Waals surface area (Å²) in [5, 5.41) is 9.30. The monoisotopic (exact) mass is 1170 g/mol. The van der Waals surface area contributed by atoms with Crippen LogP contribution in [-0.2, 0) is 42.0 Å². The van der Waals surface area contributed by atoms with Gasteiger partial charge in [-0.05, 0) is 83.1 Å². The lowest BCUT2D eigenvalue weighted by atomic mass is 10.0. The Bertz CT molecular complexity index is 2380. The highest BCUT2D eigenvalue weighted by molar-refractivity contribution is 7.47. The molecule has 0 bridgehead atoms. The Morgan fingerprint density at radius 1 is 0.633 bits per heavy atom. The van der Waals surface area contributed by atoms with Gasteiger partial charge < -0.3 is 56.8 Å². The van der Waals surface area contributed by atoms with E-state index < -0.39 is 120 Å². The summed E-state index contributed by atoms with van der Waals surface area (Å²) in [6.07, 6.45) is -11.4. The zero-order valence-corrected chi connectivity index (χ0v) is 50.1. The molecule has 2 aromatic heterocycles. The van der Waals surface area contributed by atoms with Crippen LogP contribution in [0.1, 0.15) is 109 Å². The molecular weight excluding hydrogens is 1090 g/mol. The largest absolute Gasteiger partial charge is 0.394 e. The number of hydrogen-bond donors (Lipinski definition) is 3. The highest BCUT2D eigenvalue weighted by Gasteiger charge is 2.51. The van der Waals surface area contributed by atoms with Crippen LogP contribution in [0, 0.1) is 25.0 Å². The van der Waals surface area contributed by atoms with Crippen LogP contribution in [-0.4, -0.2) is 178 Å². The van der Waals surface area contributed by atoms with Gasteiger partial charge in [0, 0.05) is 86.8 Å². The van der Waals surface area contributed by atoms with Crippen molar-refractivity contribution in [2.45, 2.75) is 182 Å². The second-order valence-corrected chi connectivity index (χ2v) is 23.4. The Hall–Kier alpha value is -3.60. The fraction of sp³-hybridized carbons (Fsp3) is 0.800. The summed E-state index contributed by atoms with van der Waals surface area (Å²) in [5.74, 6) is -1.25. The van der Waals surface area contributed by atoms with Gasteiger partial charge >= 0.3 is 23.6 Å². The Labute approximate surface area is 463 Å². The molecule has 0 amide bonds. The number of rotatable bonds is 29. The van der Waals surface area contributed by atoms with Crippen LogP contribution in [0.25, 0.3) is 9.69 Å². The molecule has 3 N–H and O–H groups in total. The number of halogens is 4. The van der Waals surface area contributed by atoms with Crippen molar-refractivity contribution < 1.29 is 64.7 Å². The van der Waals surface area contributed by atoms with Gasteiger partial charge in [0.2, 0.25) is 13.1 Å². The van der Waals surface area contributed by atoms with E-state index >= 15 is 0 Å². The topological polar surface area (TPSA) is 231 Å². The van der Waals surface area contributed by atoms with Gasteiger partial charge in [0.15, 0.2) is 20.9 Å². The number of hydrogen-bond acceptors (Lipinski definition) is 17. The van der Waals surface area contributed by atoms with Gasteiger partial charge in [0.25, 0.3) is 19.6 Å². The quantitative estimate of drug-likeness (QED) is 0.0320. The summed E-state index contributed by atoms with van der Waals surface area (Å²) in [4.78, 5) is 57.7. The van der Waals surface area contributed by atoms with E-state index in [9.17, 15) is 41.8 Å². The third kappa shape index (κ3) is 21.9. The first kappa shape index (κ1) is 71.5. The molecule has 1 unspecified atom stereocenters. The second-order valence-electron chi connectivity index (χ2n) is 20.3. The van der Waals surface area contributed by atoms with Crippen LogP contribution in [0.5, 0.6) is 0 Å². The number of aromatic amines is 2. The lowest BCUT2D eigenvalue weighted by Crippen LogP contribution is -2.43. The number of alkyl halides is 4. The van der Waals surface area contributed by atoms with E-state index in [1.165, 1.54) is 6.20 Å². The summed E-state index contributed by atoms with van der Waals surface area (Å²) in [6, 6.07) is 4.00. The SMILES string of the molecule is COCC(F)(F)O[C@@H]1[C@H](C)[C@@H](CO)O[C@H]1n1ccc(=O)[nH]c1=O.[C-]#[N+]CCOP(N(C(C)C)C(C)C)N(C(C)C)C(C)C.[C-]#[N+]CCOP(OC[C@H]1O[C@@H](n2ccc(=O)[nH]c2=O)[C@H](OC(F)(F)COC)[C@@H]1C)N(C(C)C)C(C)C. The highest BCUT2D eigenvalue weighted by atomic mass is 31.2. The van der Waals surface area contributed by atoms with Gasteiger partial charge in [0.1, 0.15) is 38.6 Å². The molecule has 0 aliphatic carbocycles. The lowest BCUT2D eigenvalue weighted by Gasteiger charge is -2.45. The highest BCUT2D eigenvalue weighted by Crippen LogP contribution is 2.51. The molecule has 4 rings (SSSR count). The molecule has 9 atom stereocenters. The minimum absolute atomic E-state index is 0.0366. The van der Waals surface area contributed by atoms with E-state index in [1.54, 1.807) is 13.8 Å². The van der Waals surface area contributed by atoms with Crippen LogP contribution in [0.15, 0.2) is 43.7 Å². The predicted molar refractivity (Wildman–Crippen MR) is 290 cm³/mol. The van der Waals surface area contributed by atoms with Crippen molar-refractivity contribution in [2.75, 3.05) is 67.0 Å². The van der Waals surface area contributed by atoms with E-state index in [4.69, 9.17) is 45.7 Å². The Morgan fingerprint density at radius 2 is 1.00 bits per heavy atom. The van der Waals surface area contributed by atoms with Crippen LogP contribution in [0.2, 0.25) is 0 Å². The van der Waals surface area contributed by atoms with Crippen LogP contribution in [0.3, 0.4) is 0 Å². The maximum Gasteiger partial charge on any atom is 0.379 e. The molecule has 452 valence electrons. The molecule has 23 nitrogen and oxygen atoms in total. The summed E-state index contributed by atoms with van der Waals surface area (Å²) in [6.45, 7) is 41.7. The van der Waals surface area contributed by atoms with E-state index in [2.05, 4.69) is 88.9 Å². The molecule has 2 aliphatic rings.